The van der Waals surface area contributed by atoms with Gasteiger partial charge in [0.05, 0.1) is 13.3 Å². The molecule has 6 nitrogen and oxygen atoms in total. The Labute approximate surface area is 199 Å². The van der Waals surface area contributed by atoms with Gasteiger partial charge in [0.2, 0.25) is 0 Å². The van der Waals surface area contributed by atoms with Crippen LogP contribution in [0.4, 0.5) is 5.69 Å². The van der Waals surface area contributed by atoms with Crippen LogP contribution in [0.15, 0.2) is 48.5 Å². The van der Waals surface area contributed by atoms with Crippen molar-refractivity contribution in [3.63, 3.8) is 0 Å². The van der Waals surface area contributed by atoms with E-state index in [9.17, 15) is 9.59 Å². The second-order valence-electron chi connectivity index (χ2n) is 7.79. The number of thioether (sulfide) groups is 1. The Balaban J connectivity index is 1.96. The molecule has 0 aromatic heterocycles. The summed E-state index contributed by atoms with van der Waals surface area (Å²) >= 11 is 6.32. The fraction of sp³-hybridized carbons (Fsp3) is 0.417. The normalized spacial score (nSPS) is 18.8. The first-order chi connectivity index (χ1) is 15.5. The molecular weight excluding hydrogens is 442 g/mol. The van der Waals surface area contributed by atoms with Gasteiger partial charge in [0.25, 0.3) is 5.91 Å². The number of amides is 1. The summed E-state index contributed by atoms with van der Waals surface area (Å²) in [4.78, 5) is 27.8. The van der Waals surface area contributed by atoms with Crippen LogP contribution in [0.1, 0.15) is 23.2 Å². The van der Waals surface area contributed by atoms with E-state index < -0.39 is 12.0 Å². The van der Waals surface area contributed by atoms with Crippen molar-refractivity contribution in [3.8, 4) is 11.1 Å². The molecule has 1 saturated heterocycles. The second-order valence-corrected chi connectivity index (χ2v) is 9.44. The molecule has 1 heterocycles. The maximum atomic E-state index is 13.4. The monoisotopic (exact) mass is 473 g/mol. The highest BCUT2D eigenvalue weighted by atomic mass is 32.2. The highest BCUT2D eigenvalue weighted by Crippen LogP contribution is 2.30. The summed E-state index contributed by atoms with van der Waals surface area (Å²) in [7, 11) is 3.34. The standard InChI is InChI=1S/C24H31N3O3S2/c1-27(22-21(31)11-13-25-22)17-9-10-18(16-7-5-4-6-8-16)19(15-17)23(28)26-20(12-14-32-3)24(29)30-2/h4-10,15,20-22,25,31H,11-14H2,1-3H3,(H,26,28)/t20-,21?,22?/m0/s1. The number of nitrogens with zero attached hydrogens (tertiary/aromatic N) is 1. The van der Waals surface area contributed by atoms with Crippen molar-refractivity contribution in [3.05, 3.63) is 54.1 Å². The van der Waals surface area contributed by atoms with Crippen LogP contribution in [-0.4, -0.2) is 62.0 Å². The van der Waals surface area contributed by atoms with Crippen LogP contribution in [-0.2, 0) is 9.53 Å². The zero-order valence-electron chi connectivity index (χ0n) is 18.7. The Hall–Kier alpha value is -2.16. The molecular formula is C24H31N3O3S2. The molecule has 1 aliphatic heterocycles. The summed E-state index contributed by atoms with van der Waals surface area (Å²) in [6.07, 6.45) is 3.55. The molecule has 0 spiro atoms. The number of benzene rings is 2. The fourth-order valence-electron chi connectivity index (χ4n) is 3.90. The van der Waals surface area contributed by atoms with Crippen molar-refractivity contribution in [2.75, 3.05) is 37.6 Å². The molecule has 3 rings (SSSR count). The predicted octanol–water partition coefficient (Wildman–Crippen LogP) is 3.43. The topological polar surface area (TPSA) is 70.7 Å². The lowest BCUT2D eigenvalue weighted by Gasteiger charge is -2.30. The zero-order chi connectivity index (χ0) is 23.1. The van der Waals surface area contributed by atoms with E-state index in [2.05, 4.69) is 15.5 Å². The van der Waals surface area contributed by atoms with E-state index in [0.717, 1.165) is 35.5 Å². The third-order valence-corrected chi connectivity index (χ3v) is 6.90. The number of carbonyl (C=O) groups is 2. The molecule has 2 aromatic rings. The molecule has 3 atom stereocenters. The maximum Gasteiger partial charge on any atom is 0.328 e. The summed E-state index contributed by atoms with van der Waals surface area (Å²) in [5.74, 6) is 0.0119. The number of hydrogen-bond donors (Lipinski definition) is 3. The number of esters is 1. The van der Waals surface area contributed by atoms with Gasteiger partial charge < -0.3 is 15.0 Å². The van der Waals surface area contributed by atoms with Gasteiger partial charge in [0.15, 0.2) is 0 Å². The Morgan fingerprint density at radius 1 is 1.28 bits per heavy atom. The third kappa shape index (κ3) is 5.79. The Morgan fingerprint density at radius 2 is 2.03 bits per heavy atom. The van der Waals surface area contributed by atoms with Gasteiger partial charge in [-0.1, -0.05) is 36.4 Å². The lowest BCUT2D eigenvalue weighted by molar-refractivity contribution is -0.142. The Kier molecular flexibility index (Phi) is 8.90. The van der Waals surface area contributed by atoms with Gasteiger partial charge in [-0.2, -0.15) is 24.4 Å². The van der Waals surface area contributed by atoms with Crippen molar-refractivity contribution in [2.24, 2.45) is 0 Å². The summed E-state index contributed by atoms with van der Waals surface area (Å²) < 4.78 is 4.91. The lowest BCUT2D eigenvalue weighted by Crippen LogP contribution is -2.44. The first-order valence-electron chi connectivity index (χ1n) is 10.7. The van der Waals surface area contributed by atoms with Gasteiger partial charge in [-0.15, -0.1) is 0 Å². The van der Waals surface area contributed by atoms with Crippen LogP contribution in [0.5, 0.6) is 0 Å². The lowest BCUT2D eigenvalue weighted by atomic mass is 9.97. The highest BCUT2D eigenvalue weighted by molar-refractivity contribution is 7.98. The van der Waals surface area contributed by atoms with E-state index in [4.69, 9.17) is 17.4 Å². The van der Waals surface area contributed by atoms with E-state index in [-0.39, 0.29) is 17.3 Å². The van der Waals surface area contributed by atoms with Gasteiger partial charge in [-0.05, 0) is 54.7 Å². The minimum Gasteiger partial charge on any atom is -0.467 e. The van der Waals surface area contributed by atoms with Crippen molar-refractivity contribution < 1.29 is 14.3 Å². The average Bonchev–Trinajstić information content (AvgIpc) is 3.26. The molecule has 0 aliphatic carbocycles. The molecule has 8 heteroatoms. The molecule has 172 valence electrons. The van der Waals surface area contributed by atoms with Crippen molar-refractivity contribution >= 4 is 42.0 Å². The van der Waals surface area contributed by atoms with Crippen molar-refractivity contribution in [1.29, 1.82) is 0 Å². The number of rotatable bonds is 9. The average molecular weight is 474 g/mol. The third-order valence-electron chi connectivity index (χ3n) is 5.72. The van der Waals surface area contributed by atoms with Crippen molar-refractivity contribution in [2.45, 2.75) is 30.3 Å². The Morgan fingerprint density at radius 3 is 2.66 bits per heavy atom. The van der Waals surface area contributed by atoms with Gasteiger partial charge in [-0.25, -0.2) is 4.79 Å². The summed E-state index contributed by atoms with van der Waals surface area (Å²) in [5, 5.41) is 6.57. The number of nitrogens with one attached hydrogen (secondary N) is 2. The molecule has 32 heavy (non-hydrogen) atoms. The summed E-state index contributed by atoms with van der Waals surface area (Å²) in [6.45, 7) is 0.912. The first-order valence-corrected chi connectivity index (χ1v) is 12.6. The van der Waals surface area contributed by atoms with E-state index in [1.54, 1.807) is 11.8 Å². The molecule has 0 radical (unpaired) electrons. The number of anilines is 1. The number of hydrogen-bond acceptors (Lipinski definition) is 7. The van der Waals surface area contributed by atoms with Crippen LogP contribution < -0.4 is 15.5 Å². The highest BCUT2D eigenvalue weighted by Gasteiger charge is 2.29. The molecule has 1 amide bonds. The fourth-order valence-corrected chi connectivity index (χ4v) is 4.81. The summed E-state index contributed by atoms with van der Waals surface area (Å²) in [6, 6.07) is 15.0. The van der Waals surface area contributed by atoms with Gasteiger partial charge in [-0.3, -0.25) is 10.1 Å². The zero-order valence-corrected chi connectivity index (χ0v) is 20.4. The molecule has 1 fully saturated rings. The van der Waals surface area contributed by atoms with E-state index in [1.165, 1.54) is 7.11 Å². The minimum absolute atomic E-state index is 0.0845. The number of carbonyl (C=O) groups excluding carboxylic acids is 2. The maximum absolute atomic E-state index is 13.4. The van der Waals surface area contributed by atoms with Crippen LogP contribution in [0.2, 0.25) is 0 Å². The largest absolute Gasteiger partial charge is 0.467 e. The predicted molar refractivity (Wildman–Crippen MR) is 136 cm³/mol. The molecule has 2 unspecified atom stereocenters. The van der Waals surface area contributed by atoms with Crippen LogP contribution >= 0.6 is 24.4 Å². The number of ether oxygens (including phenoxy) is 1. The first kappa shape index (κ1) is 24.5. The number of methoxy groups -OCH3 is 1. The SMILES string of the molecule is COC(=O)[C@H](CCSC)NC(=O)c1cc(N(C)C2NCCC2S)ccc1-c1ccccc1. The molecule has 2 N–H and O–H groups in total. The minimum atomic E-state index is -0.691. The van der Waals surface area contributed by atoms with Crippen LogP contribution in [0.3, 0.4) is 0 Å². The van der Waals surface area contributed by atoms with Crippen molar-refractivity contribution in [1.82, 2.24) is 10.6 Å². The molecule has 2 aromatic carbocycles. The molecule has 0 bridgehead atoms. The van der Waals surface area contributed by atoms with Gasteiger partial charge in [0, 0.05) is 23.5 Å². The van der Waals surface area contributed by atoms with E-state index in [1.807, 2.05) is 61.8 Å². The second kappa shape index (κ2) is 11.6. The van der Waals surface area contributed by atoms with E-state index in [0.29, 0.717) is 12.0 Å². The number of thiol groups is 1. The quantitative estimate of drug-likeness (QED) is 0.383. The molecule has 1 aliphatic rings. The summed E-state index contributed by atoms with van der Waals surface area (Å²) in [5.41, 5.74) is 3.19. The van der Waals surface area contributed by atoms with Crippen LogP contribution in [0.25, 0.3) is 11.1 Å². The van der Waals surface area contributed by atoms with E-state index >= 15 is 0 Å². The Bertz CT molecular complexity index is 926. The van der Waals surface area contributed by atoms with Crippen LogP contribution in [0, 0.1) is 0 Å². The molecule has 0 saturated carbocycles. The van der Waals surface area contributed by atoms with Gasteiger partial charge >= 0.3 is 5.97 Å². The smallest absolute Gasteiger partial charge is 0.328 e. The van der Waals surface area contributed by atoms with Gasteiger partial charge in [0.1, 0.15) is 6.04 Å².